The standard InChI is InChI=1S/C18H19N5O2S/c1-11-4-3-5-14(8-11)23-12(2)21-22-18(23)26-10-16-20-15(9-25-16)17(24)19-13-6-7-13/h3-5,8-9,13H,6-7,10H2,1-2H3,(H,19,24). The van der Waals surface area contributed by atoms with Gasteiger partial charge in [0.1, 0.15) is 12.1 Å². The second-order valence-electron chi connectivity index (χ2n) is 6.37. The zero-order chi connectivity index (χ0) is 18.1. The van der Waals surface area contributed by atoms with E-state index in [1.54, 1.807) is 0 Å². The number of nitrogens with zero attached hydrogens (tertiary/aromatic N) is 4. The highest BCUT2D eigenvalue weighted by molar-refractivity contribution is 7.98. The van der Waals surface area contributed by atoms with Gasteiger partial charge in [-0.2, -0.15) is 0 Å². The number of carbonyl (C=O) groups is 1. The first-order valence-corrected chi connectivity index (χ1v) is 9.46. The molecule has 1 saturated carbocycles. The molecule has 0 radical (unpaired) electrons. The van der Waals surface area contributed by atoms with Crippen molar-refractivity contribution in [3.63, 3.8) is 0 Å². The van der Waals surface area contributed by atoms with Gasteiger partial charge in [0.25, 0.3) is 5.91 Å². The highest BCUT2D eigenvalue weighted by Gasteiger charge is 2.25. The second-order valence-corrected chi connectivity index (χ2v) is 7.31. The number of hydrogen-bond donors (Lipinski definition) is 1. The summed E-state index contributed by atoms with van der Waals surface area (Å²) in [5.74, 6) is 1.61. The minimum atomic E-state index is -0.175. The van der Waals surface area contributed by atoms with Crippen LogP contribution in [0.5, 0.6) is 0 Å². The van der Waals surface area contributed by atoms with Crippen LogP contribution < -0.4 is 5.32 Å². The van der Waals surface area contributed by atoms with Crippen molar-refractivity contribution in [3.05, 3.63) is 53.5 Å². The van der Waals surface area contributed by atoms with E-state index in [-0.39, 0.29) is 5.91 Å². The molecule has 0 unspecified atom stereocenters. The largest absolute Gasteiger partial charge is 0.447 e. The van der Waals surface area contributed by atoms with Crippen LogP contribution >= 0.6 is 11.8 Å². The first kappa shape index (κ1) is 16.8. The number of nitrogens with one attached hydrogen (secondary N) is 1. The maximum Gasteiger partial charge on any atom is 0.273 e. The lowest BCUT2D eigenvalue weighted by Gasteiger charge is -2.08. The van der Waals surface area contributed by atoms with Gasteiger partial charge < -0.3 is 9.73 Å². The Morgan fingerprint density at radius 1 is 1.35 bits per heavy atom. The summed E-state index contributed by atoms with van der Waals surface area (Å²) in [6.07, 6.45) is 3.49. The molecular formula is C18H19N5O2S. The summed E-state index contributed by atoms with van der Waals surface area (Å²) in [4.78, 5) is 16.3. The van der Waals surface area contributed by atoms with Crippen molar-refractivity contribution >= 4 is 17.7 Å². The van der Waals surface area contributed by atoms with Gasteiger partial charge in [-0.25, -0.2) is 4.98 Å². The van der Waals surface area contributed by atoms with Crippen LogP contribution in [0.2, 0.25) is 0 Å². The molecule has 1 N–H and O–H groups in total. The smallest absolute Gasteiger partial charge is 0.273 e. The second kappa shape index (κ2) is 6.95. The van der Waals surface area contributed by atoms with E-state index in [4.69, 9.17) is 4.42 Å². The van der Waals surface area contributed by atoms with Gasteiger partial charge in [-0.1, -0.05) is 23.9 Å². The van der Waals surface area contributed by atoms with Crippen molar-refractivity contribution in [2.75, 3.05) is 0 Å². The Labute approximate surface area is 155 Å². The Morgan fingerprint density at radius 2 is 2.19 bits per heavy atom. The SMILES string of the molecule is Cc1cccc(-n2c(C)nnc2SCc2nc(C(=O)NC3CC3)co2)c1. The lowest BCUT2D eigenvalue weighted by Crippen LogP contribution is -2.25. The van der Waals surface area contributed by atoms with Crippen molar-refractivity contribution in [2.24, 2.45) is 0 Å². The molecule has 0 aliphatic heterocycles. The van der Waals surface area contributed by atoms with E-state index in [9.17, 15) is 4.79 Å². The van der Waals surface area contributed by atoms with Crippen LogP contribution in [0.25, 0.3) is 5.69 Å². The van der Waals surface area contributed by atoms with Crippen molar-refractivity contribution in [1.82, 2.24) is 25.1 Å². The lowest BCUT2D eigenvalue weighted by atomic mass is 10.2. The van der Waals surface area contributed by atoms with Gasteiger partial charge in [0.15, 0.2) is 10.9 Å². The summed E-state index contributed by atoms with van der Waals surface area (Å²) in [6, 6.07) is 8.48. The fourth-order valence-corrected chi connectivity index (χ4v) is 3.45. The van der Waals surface area contributed by atoms with Gasteiger partial charge in [-0.3, -0.25) is 9.36 Å². The molecule has 1 amide bonds. The molecule has 4 rings (SSSR count). The molecule has 1 aliphatic rings. The van der Waals surface area contributed by atoms with E-state index in [0.717, 1.165) is 29.5 Å². The van der Waals surface area contributed by atoms with E-state index < -0.39 is 0 Å². The molecule has 1 aliphatic carbocycles. The highest BCUT2D eigenvalue weighted by Crippen LogP contribution is 2.25. The Balaban J connectivity index is 1.47. The molecular weight excluding hydrogens is 350 g/mol. The number of aryl methyl sites for hydroxylation is 2. The minimum Gasteiger partial charge on any atom is -0.447 e. The summed E-state index contributed by atoms with van der Waals surface area (Å²) >= 11 is 1.47. The molecule has 26 heavy (non-hydrogen) atoms. The van der Waals surface area contributed by atoms with Crippen molar-refractivity contribution in [1.29, 1.82) is 0 Å². The molecule has 0 spiro atoms. The summed E-state index contributed by atoms with van der Waals surface area (Å²) in [5, 5.41) is 12.1. The number of amides is 1. The summed E-state index contributed by atoms with van der Waals surface area (Å²) in [6.45, 7) is 3.97. The number of rotatable bonds is 6. The van der Waals surface area contributed by atoms with E-state index in [1.807, 2.05) is 23.6 Å². The normalized spacial score (nSPS) is 13.8. The molecule has 7 nitrogen and oxygen atoms in total. The Morgan fingerprint density at radius 3 is 2.96 bits per heavy atom. The van der Waals surface area contributed by atoms with Crippen molar-refractivity contribution < 1.29 is 9.21 Å². The third kappa shape index (κ3) is 3.65. The fraction of sp³-hybridized carbons (Fsp3) is 0.333. The third-order valence-corrected chi connectivity index (χ3v) is 4.99. The lowest BCUT2D eigenvalue weighted by molar-refractivity contribution is 0.0946. The Bertz CT molecular complexity index is 945. The van der Waals surface area contributed by atoms with Crippen LogP contribution in [-0.4, -0.2) is 31.7 Å². The molecule has 0 atom stereocenters. The molecule has 3 aromatic rings. The van der Waals surface area contributed by atoms with Gasteiger partial charge in [0, 0.05) is 11.7 Å². The number of hydrogen-bond acceptors (Lipinski definition) is 6. The van der Waals surface area contributed by atoms with E-state index in [0.29, 0.717) is 23.4 Å². The van der Waals surface area contributed by atoms with Crippen LogP contribution in [0, 0.1) is 13.8 Å². The van der Waals surface area contributed by atoms with E-state index >= 15 is 0 Å². The quantitative estimate of drug-likeness (QED) is 0.672. The predicted octanol–water partition coefficient (Wildman–Crippen LogP) is 3.06. The Hall–Kier alpha value is -2.61. The average molecular weight is 369 g/mol. The molecule has 0 saturated heterocycles. The zero-order valence-corrected chi connectivity index (χ0v) is 15.4. The van der Waals surface area contributed by atoms with Gasteiger partial charge in [-0.15, -0.1) is 10.2 Å². The van der Waals surface area contributed by atoms with Crippen LogP contribution in [-0.2, 0) is 5.75 Å². The summed E-state index contributed by atoms with van der Waals surface area (Å²) in [7, 11) is 0. The maximum absolute atomic E-state index is 12.0. The molecule has 1 aromatic carbocycles. The monoisotopic (exact) mass is 369 g/mol. The molecule has 1 fully saturated rings. The number of aromatic nitrogens is 4. The van der Waals surface area contributed by atoms with Crippen LogP contribution in [0.1, 0.15) is 40.6 Å². The third-order valence-electron chi connectivity index (χ3n) is 4.08. The van der Waals surface area contributed by atoms with E-state index in [2.05, 4.69) is 39.6 Å². The van der Waals surface area contributed by atoms with Gasteiger partial charge in [0.05, 0.1) is 5.75 Å². The van der Waals surface area contributed by atoms with Crippen molar-refractivity contribution in [2.45, 2.75) is 43.6 Å². The zero-order valence-electron chi connectivity index (χ0n) is 14.6. The maximum atomic E-state index is 12.0. The first-order chi connectivity index (χ1) is 12.6. The molecule has 0 bridgehead atoms. The number of oxazole rings is 1. The van der Waals surface area contributed by atoms with Gasteiger partial charge >= 0.3 is 0 Å². The number of carbonyl (C=O) groups excluding carboxylic acids is 1. The van der Waals surface area contributed by atoms with Gasteiger partial charge in [-0.05, 0) is 44.4 Å². The topological polar surface area (TPSA) is 85.8 Å². The van der Waals surface area contributed by atoms with Crippen molar-refractivity contribution in [3.8, 4) is 5.69 Å². The highest BCUT2D eigenvalue weighted by atomic mass is 32.2. The summed E-state index contributed by atoms with van der Waals surface area (Å²) in [5.41, 5.74) is 2.52. The molecule has 8 heteroatoms. The molecule has 134 valence electrons. The van der Waals surface area contributed by atoms with E-state index in [1.165, 1.54) is 23.6 Å². The van der Waals surface area contributed by atoms with Crippen LogP contribution in [0.15, 0.2) is 40.1 Å². The molecule has 2 aromatic heterocycles. The fourth-order valence-electron chi connectivity index (χ4n) is 2.60. The molecule has 2 heterocycles. The summed E-state index contributed by atoms with van der Waals surface area (Å²) < 4.78 is 7.43. The Kier molecular flexibility index (Phi) is 4.50. The average Bonchev–Trinajstić information content (AvgIpc) is 3.17. The number of benzene rings is 1. The van der Waals surface area contributed by atoms with Crippen LogP contribution in [0.4, 0.5) is 0 Å². The van der Waals surface area contributed by atoms with Gasteiger partial charge in [0.2, 0.25) is 5.89 Å². The first-order valence-electron chi connectivity index (χ1n) is 8.47. The minimum absolute atomic E-state index is 0.175. The predicted molar refractivity (Wildman–Crippen MR) is 97.4 cm³/mol. The number of thioether (sulfide) groups is 1. The van der Waals surface area contributed by atoms with Crippen LogP contribution in [0.3, 0.4) is 0 Å².